The van der Waals surface area contributed by atoms with E-state index in [4.69, 9.17) is 4.74 Å². The summed E-state index contributed by atoms with van der Waals surface area (Å²) in [6.07, 6.45) is -1.16. The summed E-state index contributed by atoms with van der Waals surface area (Å²) in [5, 5.41) is 39.7. The second-order valence-electron chi connectivity index (χ2n) is 10.4. The molecule has 0 aliphatic carbocycles. The van der Waals surface area contributed by atoms with Crippen molar-refractivity contribution in [2.45, 2.75) is 63.8 Å². The Bertz CT molecular complexity index is 1490. The lowest BCUT2D eigenvalue weighted by Crippen LogP contribution is -2.27. The Hall–Kier alpha value is -4.49. The van der Waals surface area contributed by atoms with Crippen LogP contribution in [0.15, 0.2) is 30.3 Å². The summed E-state index contributed by atoms with van der Waals surface area (Å²) < 4.78 is 44.0. The zero-order valence-electron chi connectivity index (χ0n) is 25.5. The molecule has 46 heavy (non-hydrogen) atoms. The summed E-state index contributed by atoms with van der Waals surface area (Å²) in [5.74, 6) is -1.73. The predicted molar refractivity (Wildman–Crippen MR) is 160 cm³/mol. The summed E-state index contributed by atoms with van der Waals surface area (Å²) in [5.41, 5.74) is 1.55. The van der Waals surface area contributed by atoms with E-state index in [9.17, 15) is 48.0 Å². The summed E-state index contributed by atoms with van der Waals surface area (Å²) in [4.78, 5) is 50.4. The zero-order valence-corrected chi connectivity index (χ0v) is 26.3. The van der Waals surface area contributed by atoms with E-state index in [0.29, 0.717) is 16.8 Å². The number of halogens is 1. The van der Waals surface area contributed by atoms with Crippen molar-refractivity contribution in [2.75, 3.05) is 30.8 Å². The van der Waals surface area contributed by atoms with E-state index in [1.807, 2.05) is 13.8 Å². The quantitative estimate of drug-likeness (QED) is 0.124. The van der Waals surface area contributed by atoms with Gasteiger partial charge < -0.3 is 24.6 Å². The molecule has 1 aromatic heterocycles. The number of benzene rings is 1. The normalized spacial score (nSPS) is 13.7. The van der Waals surface area contributed by atoms with Crippen molar-refractivity contribution in [3.63, 3.8) is 0 Å². The third-order valence-electron chi connectivity index (χ3n) is 6.38. The largest absolute Gasteiger partial charge is 0.466 e. The van der Waals surface area contributed by atoms with Gasteiger partial charge in [-0.3, -0.25) is 4.79 Å². The van der Waals surface area contributed by atoms with Gasteiger partial charge in [-0.15, -0.1) is 20.2 Å². The van der Waals surface area contributed by atoms with Gasteiger partial charge in [0.05, 0.1) is 49.5 Å². The van der Waals surface area contributed by atoms with Gasteiger partial charge in [-0.1, -0.05) is 26.0 Å². The van der Waals surface area contributed by atoms with E-state index in [1.165, 1.54) is 43.5 Å². The number of nitrogens with zero attached hydrogens (tertiary/aromatic N) is 5. The van der Waals surface area contributed by atoms with Gasteiger partial charge in [0.1, 0.15) is 11.9 Å². The van der Waals surface area contributed by atoms with Crippen LogP contribution < -0.4 is 4.31 Å². The molecule has 2 aromatic rings. The van der Waals surface area contributed by atoms with Gasteiger partial charge in [0.2, 0.25) is 16.0 Å². The maximum atomic E-state index is 13.7. The van der Waals surface area contributed by atoms with Gasteiger partial charge in [-0.2, -0.15) is 0 Å². The van der Waals surface area contributed by atoms with Crippen LogP contribution in [0, 0.1) is 26.0 Å². The highest BCUT2D eigenvalue weighted by Crippen LogP contribution is 2.31. The summed E-state index contributed by atoms with van der Waals surface area (Å²) in [6, 6.07) is 5.34. The van der Waals surface area contributed by atoms with E-state index >= 15 is 0 Å². The molecule has 1 unspecified atom stereocenters. The molecule has 3 atom stereocenters. The molecule has 0 radical (unpaired) electrons. The number of esters is 1. The maximum Gasteiger partial charge on any atom is 0.308 e. The number of aromatic nitrogens is 2. The monoisotopic (exact) mass is 673 g/mol. The van der Waals surface area contributed by atoms with Crippen molar-refractivity contribution in [1.29, 1.82) is 0 Å². The fourth-order valence-corrected chi connectivity index (χ4v) is 4.41. The Balaban J connectivity index is 2.14. The molecule has 0 saturated carbocycles. The molecule has 2 rings (SSSR count). The second kappa shape index (κ2) is 17.3. The molecule has 0 amide bonds. The molecule has 0 saturated heterocycles. The number of anilines is 1. The Labute approximate surface area is 263 Å². The van der Waals surface area contributed by atoms with E-state index in [1.54, 1.807) is 0 Å². The minimum Gasteiger partial charge on any atom is -0.466 e. The maximum absolute atomic E-state index is 13.7. The number of carbonyl (C=O) groups excluding carboxylic acids is 1. The Morgan fingerprint density at radius 2 is 1.72 bits per heavy atom. The average Bonchev–Trinajstić information content (AvgIpc) is 2.94. The van der Waals surface area contributed by atoms with E-state index < -0.39 is 63.3 Å². The van der Waals surface area contributed by atoms with Crippen LogP contribution in [0.4, 0.5) is 10.3 Å². The van der Waals surface area contributed by atoms with Crippen molar-refractivity contribution < 1.29 is 52.4 Å². The third kappa shape index (κ3) is 12.5. The standard InChI is InChI=1S/C27H36FN5O12S/c1-17(2)25-23(26(18-5-7-19(28)8-6-18)30-27(29-25)31(3)46(4,41)42)10-9-20(34)15-21(35)16-24(36)43-13-11-22(45-33(39)40)12-14-44-32(37)38/h5-10,17,20-22,34-35H,11-16H2,1-4H3/b10-9+/t20-,21-,22?/m1/s1. The lowest BCUT2D eigenvalue weighted by molar-refractivity contribution is -0.774. The first-order valence-electron chi connectivity index (χ1n) is 13.9. The first-order valence-corrected chi connectivity index (χ1v) is 15.7. The Morgan fingerprint density at radius 1 is 1.09 bits per heavy atom. The lowest BCUT2D eigenvalue weighted by Gasteiger charge is -2.20. The Morgan fingerprint density at radius 3 is 2.28 bits per heavy atom. The number of ether oxygens (including phenoxy) is 1. The van der Waals surface area contributed by atoms with Gasteiger partial charge in [-0.25, -0.2) is 27.1 Å². The molecule has 0 fully saturated rings. The molecule has 0 bridgehead atoms. The molecule has 0 spiro atoms. The molecular formula is C27H36FN5O12S. The summed E-state index contributed by atoms with van der Waals surface area (Å²) >= 11 is 0. The van der Waals surface area contributed by atoms with Crippen molar-refractivity contribution in [2.24, 2.45) is 0 Å². The van der Waals surface area contributed by atoms with Crippen molar-refractivity contribution in [1.82, 2.24) is 9.97 Å². The third-order valence-corrected chi connectivity index (χ3v) is 7.54. The molecule has 17 nitrogen and oxygen atoms in total. The van der Waals surface area contributed by atoms with Crippen molar-refractivity contribution in [3.8, 4) is 11.3 Å². The van der Waals surface area contributed by atoms with Crippen LogP contribution in [-0.4, -0.2) is 89.6 Å². The first-order chi connectivity index (χ1) is 21.5. The van der Waals surface area contributed by atoms with Crippen LogP contribution in [-0.2, 0) is 29.2 Å². The fraction of sp³-hybridized carbons (Fsp3) is 0.519. The van der Waals surface area contributed by atoms with Crippen molar-refractivity contribution >= 4 is 28.0 Å². The second-order valence-corrected chi connectivity index (χ2v) is 12.4. The van der Waals surface area contributed by atoms with Crippen LogP contribution in [0.25, 0.3) is 17.3 Å². The topological polar surface area (TPSA) is 235 Å². The predicted octanol–water partition coefficient (Wildman–Crippen LogP) is 2.43. The van der Waals surface area contributed by atoms with Crippen LogP contribution in [0.2, 0.25) is 0 Å². The van der Waals surface area contributed by atoms with E-state index in [0.717, 1.165) is 10.6 Å². The fourth-order valence-electron chi connectivity index (χ4n) is 4.03. The summed E-state index contributed by atoms with van der Waals surface area (Å²) in [7, 11) is -2.43. The molecule has 2 N–H and O–H groups in total. The molecular weight excluding hydrogens is 637 g/mol. The molecule has 1 heterocycles. The number of rotatable bonds is 19. The van der Waals surface area contributed by atoms with Crippen LogP contribution in [0.5, 0.6) is 0 Å². The number of aliphatic hydroxyl groups excluding tert-OH is 2. The average molecular weight is 674 g/mol. The molecule has 19 heteroatoms. The number of hydrogen-bond acceptors (Lipinski definition) is 14. The number of carbonyl (C=O) groups is 1. The van der Waals surface area contributed by atoms with E-state index in [2.05, 4.69) is 19.6 Å². The smallest absolute Gasteiger partial charge is 0.308 e. The van der Waals surface area contributed by atoms with Gasteiger partial charge in [0.25, 0.3) is 10.2 Å². The molecule has 0 aliphatic heterocycles. The molecule has 0 aliphatic rings. The van der Waals surface area contributed by atoms with E-state index in [-0.39, 0.29) is 43.4 Å². The highest BCUT2D eigenvalue weighted by atomic mass is 32.2. The van der Waals surface area contributed by atoms with Crippen LogP contribution in [0.1, 0.15) is 56.7 Å². The number of aliphatic hydroxyl groups is 2. The minimum atomic E-state index is -3.72. The lowest BCUT2D eigenvalue weighted by atomic mass is 9.97. The molecule has 1 aromatic carbocycles. The van der Waals surface area contributed by atoms with Crippen molar-refractivity contribution in [3.05, 3.63) is 67.6 Å². The summed E-state index contributed by atoms with van der Waals surface area (Å²) in [6.45, 7) is 2.81. The first kappa shape index (κ1) is 37.7. The number of sulfonamides is 1. The van der Waals surface area contributed by atoms with Gasteiger partial charge in [-0.05, 0) is 36.6 Å². The van der Waals surface area contributed by atoms with Gasteiger partial charge in [0, 0.05) is 31.0 Å². The Kier molecular flexibility index (Phi) is 14.2. The van der Waals surface area contributed by atoms with Gasteiger partial charge >= 0.3 is 5.97 Å². The van der Waals surface area contributed by atoms with Gasteiger partial charge in [0.15, 0.2) is 0 Å². The number of hydrogen-bond donors (Lipinski definition) is 2. The SMILES string of the molecule is CC(C)c1nc(N(C)S(C)(=O)=O)nc(-c2ccc(F)cc2)c1/C=C/[C@@H](O)C[C@@H](O)CC(=O)OCCC(CCO[N+](=O)[O-])O[N+](=O)[O-]. The zero-order chi connectivity index (χ0) is 34.6. The highest BCUT2D eigenvalue weighted by molar-refractivity contribution is 7.92. The minimum absolute atomic E-state index is 0.113. The highest BCUT2D eigenvalue weighted by Gasteiger charge is 2.23. The van der Waals surface area contributed by atoms with Crippen LogP contribution in [0.3, 0.4) is 0 Å². The van der Waals surface area contributed by atoms with Crippen LogP contribution >= 0.6 is 0 Å². The molecule has 254 valence electrons.